The SMILES string of the molecule is C#CCC(NC(=O)N(CC#C)CCC)C(=O)O. The minimum Gasteiger partial charge on any atom is -0.480 e. The van der Waals surface area contributed by atoms with Gasteiger partial charge in [-0.3, -0.25) is 0 Å². The first kappa shape index (κ1) is 14.9. The number of carboxylic acid groups (broad SMARTS) is 1. The molecule has 0 fully saturated rings. The normalized spacial score (nSPS) is 10.8. The van der Waals surface area contributed by atoms with Crippen molar-refractivity contribution in [2.24, 2.45) is 0 Å². The van der Waals surface area contributed by atoms with Crippen molar-refractivity contribution in [3.63, 3.8) is 0 Å². The lowest BCUT2D eigenvalue weighted by Crippen LogP contribution is -2.48. The van der Waals surface area contributed by atoms with Crippen LogP contribution in [0.1, 0.15) is 19.8 Å². The molecule has 1 unspecified atom stereocenters. The van der Waals surface area contributed by atoms with Crippen molar-refractivity contribution in [2.75, 3.05) is 13.1 Å². The van der Waals surface area contributed by atoms with Gasteiger partial charge in [-0.2, -0.15) is 0 Å². The van der Waals surface area contributed by atoms with Crippen LogP contribution in [0.3, 0.4) is 0 Å². The van der Waals surface area contributed by atoms with Crippen molar-refractivity contribution in [3.05, 3.63) is 0 Å². The highest BCUT2D eigenvalue weighted by Crippen LogP contribution is 1.96. The molecule has 0 aliphatic heterocycles. The number of carbonyl (C=O) groups excluding carboxylic acids is 1. The Labute approximate surface area is 101 Å². The van der Waals surface area contributed by atoms with E-state index in [1.165, 1.54) is 4.90 Å². The Morgan fingerprint density at radius 3 is 2.47 bits per heavy atom. The van der Waals surface area contributed by atoms with E-state index in [1.807, 2.05) is 6.92 Å². The number of aliphatic carboxylic acids is 1. The van der Waals surface area contributed by atoms with Gasteiger partial charge in [-0.05, 0) is 6.42 Å². The number of nitrogens with one attached hydrogen (secondary N) is 1. The van der Waals surface area contributed by atoms with Crippen molar-refractivity contribution >= 4 is 12.0 Å². The van der Waals surface area contributed by atoms with Crippen LogP contribution in [-0.2, 0) is 4.79 Å². The van der Waals surface area contributed by atoms with Crippen molar-refractivity contribution in [3.8, 4) is 24.7 Å². The number of amides is 2. The van der Waals surface area contributed by atoms with Crippen LogP contribution >= 0.6 is 0 Å². The highest BCUT2D eigenvalue weighted by atomic mass is 16.4. The van der Waals surface area contributed by atoms with Gasteiger partial charge in [0.25, 0.3) is 0 Å². The molecular formula is C12H16N2O3. The number of terminal acetylenes is 2. The van der Waals surface area contributed by atoms with Crippen LogP contribution in [0.4, 0.5) is 4.79 Å². The zero-order valence-electron chi connectivity index (χ0n) is 9.77. The zero-order chi connectivity index (χ0) is 13.3. The first-order chi connectivity index (χ1) is 8.06. The number of hydrogen-bond donors (Lipinski definition) is 2. The lowest BCUT2D eigenvalue weighted by molar-refractivity contribution is -0.139. The molecular weight excluding hydrogens is 220 g/mol. The van der Waals surface area contributed by atoms with Gasteiger partial charge in [-0.15, -0.1) is 18.8 Å². The third kappa shape index (κ3) is 5.48. The van der Waals surface area contributed by atoms with Gasteiger partial charge in [-0.1, -0.05) is 12.8 Å². The quantitative estimate of drug-likeness (QED) is 0.660. The molecule has 0 heterocycles. The summed E-state index contributed by atoms with van der Waals surface area (Å²) in [4.78, 5) is 23.9. The Kier molecular flexibility index (Phi) is 7.05. The second kappa shape index (κ2) is 8.06. The molecule has 5 heteroatoms. The van der Waals surface area contributed by atoms with E-state index in [9.17, 15) is 9.59 Å². The Morgan fingerprint density at radius 2 is 2.06 bits per heavy atom. The van der Waals surface area contributed by atoms with Gasteiger partial charge in [0.15, 0.2) is 0 Å². The summed E-state index contributed by atoms with van der Waals surface area (Å²) in [7, 11) is 0. The molecule has 0 bridgehead atoms. The highest BCUT2D eigenvalue weighted by molar-refractivity contribution is 5.82. The molecule has 2 amide bonds. The van der Waals surface area contributed by atoms with Crippen LogP contribution in [0.5, 0.6) is 0 Å². The predicted octanol–water partition coefficient (Wildman–Crippen LogP) is 0.518. The van der Waals surface area contributed by atoms with Crippen LogP contribution in [0.15, 0.2) is 0 Å². The molecule has 0 aromatic rings. The predicted molar refractivity (Wildman–Crippen MR) is 64.1 cm³/mol. The minimum atomic E-state index is -1.16. The van der Waals surface area contributed by atoms with Gasteiger partial charge in [0, 0.05) is 13.0 Å². The third-order valence-corrected chi connectivity index (χ3v) is 1.98. The molecule has 5 nitrogen and oxygen atoms in total. The van der Waals surface area contributed by atoms with Crippen molar-refractivity contribution < 1.29 is 14.7 Å². The molecule has 0 saturated heterocycles. The van der Waals surface area contributed by atoms with Gasteiger partial charge in [0.05, 0.1) is 6.54 Å². The molecule has 2 N–H and O–H groups in total. The summed E-state index contributed by atoms with van der Waals surface area (Å²) in [5, 5.41) is 11.2. The second-order valence-electron chi connectivity index (χ2n) is 3.37. The van der Waals surface area contributed by atoms with Crippen LogP contribution in [-0.4, -0.2) is 41.1 Å². The van der Waals surface area contributed by atoms with Crippen LogP contribution in [0.25, 0.3) is 0 Å². The van der Waals surface area contributed by atoms with Crippen LogP contribution in [0, 0.1) is 24.7 Å². The summed E-state index contributed by atoms with van der Waals surface area (Å²) >= 11 is 0. The minimum absolute atomic E-state index is 0.0584. The topological polar surface area (TPSA) is 69.6 Å². The summed E-state index contributed by atoms with van der Waals surface area (Å²) in [5.74, 6) is 3.39. The molecule has 17 heavy (non-hydrogen) atoms. The molecule has 0 spiro atoms. The fourth-order valence-corrected chi connectivity index (χ4v) is 1.19. The molecule has 0 radical (unpaired) electrons. The number of rotatable bonds is 6. The van der Waals surface area contributed by atoms with Gasteiger partial charge in [0.2, 0.25) is 0 Å². The molecule has 0 rings (SSSR count). The van der Waals surface area contributed by atoms with Crippen molar-refractivity contribution in [1.29, 1.82) is 0 Å². The monoisotopic (exact) mass is 236 g/mol. The molecule has 0 aromatic heterocycles. The van der Waals surface area contributed by atoms with E-state index in [0.717, 1.165) is 6.42 Å². The molecule has 0 aromatic carbocycles. The average molecular weight is 236 g/mol. The molecule has 0 aliphatic rings. The molecule has 1 atom stereocenters. The summed E-state index contributed by atoms with van der Waals surface area (Å²) in [6.45, 7) is 2.51. The van der Waals surface area contributed by atoms with E-state index in [0.29, 0.717) is 6.54 Å². The van der Waals surface area contributed by atoms with E-state index in [2.05, 4.69) is 17.2 Å². The van der Waals surface area contributed by atoms with E-state index >= 15 is 0 Å². The number of nitrogens with zero attached hydrogens (tertiary/aromatic N) is 1. The number of carbonyl (C=O) groups is 2. The van der Waals surface area contributed by atoms with Gasteiger partial charge >= 0.3 is 12.0 Å². The Morgan fingerprint density at radius 1 is 1.41 bits per heavy atom. The van der Waals surface area contributed by atoms with E-state index in [-0.39, 0.29) is 13.0 Å². The fraction of sp³-hybridized carbons (Fsp3) is 0.500. The third-order valence-electron chi connectivity index (χ3n) is 1.98. The summed E-state index contributed by atoms with van der Waals surface area (Å²) in [5.41, 5.74) is 0. The lowest BCUT2D eigenvalue weighted by Gasteiger charge is -2.22. The molecule has 0 aliphatic carbocycles. The maximum absolute atomic E-state index is 11.7. The van der Waals surface area contributed by atoms with Crippen molar-refractivity contribution in [2.45, 2.75) is 25.8 Å². The fourth-order valence-electron chi connectivity index (χ4n) is 1.19. The molecule has 92 valence electrons. The number of carboxylic acids is 1. The summed E-state index contributed by atoms with van der Waals surface area (Å²) < 4.78 is 0. The smallest absolute Gasteiger partial charge is 0.327 e. The Balaban J connectivity index is 4.51. The lowest BCUT2D eigenvalue weighted by atomic mass is 10.2. The highest BCUT2D eigenvalue weighted by Gasteiger charge is 2.21. The number of hydrogen-bond acceptors (Lipinski definition) is 2. The van der Waals surface area contributed by atoms with Crippen LogP contribution in [0.2, 0.25) is 0 Å². The first-order valence-electron chi connectivity index (χ1n) is 5.22. The van der Waals surface area contributed by atoms with Gasteiger partial charge in [-0.25, -0.2) is 9.59 Å². The second-order valence-corrected chi connectivity index (χ2v) is 3.37. The summed E-state index contributed by atoms with van der Waals surface area (Å²) in [6.07, 6.45) is 10.8. The maximum atomic E-state index is 11.7. The standard InChI is InChI=1S/C12H16N2O3/c1-4-7-10(11(15)16)13-12(17)14(8-5-2)9-6-3/h1-2,10H,6-9H2,3H3,(H,13,17)(H,15,16). The number of urea groups is 1. The zero-order valence-corrected chi connectivity index (χ0v) is 9.77. The van der Waals surface area contributed by atoms with Gasteiger partial charge in [0.1, 0.15) is 6.04 Å². The van der Waals surface area contributed by atoms with E-state index < -0.39 is 18.0 Å². The first-order valence-corrected chi connectivity index (χ1v) is 5.22. The molecule has 0 saturated carbocycles. The van der Waals surface area contributed by atoms with Crippen LogP contribution < -0.4 is 5.32 Å². The maximum Gasteiger partial charge on any atom is 0.327 e. The Hall–Kier alpha value is -2.14. The van der Waals surface area contributed by atoms with E-state index in [4.69, 9.17) is 18.0 Å². The van der Waals surface area contributed by atoms with Crippen molar-refractivity contribution in [1.82, 2.24) is 10.2 Å². The van der Waals surface area contributed by atoms with E-state index in [1.54, 1.807) is 0 Å². The largest absolute Gasteiger partial charge is 0.480 e. The van der Waals surface area contributed by atoms with Gasteiger partial charge < -0.3 is 15.3 Å². The summed E-state index contributed by atoms with van der Waals surface area (Å²) in [6, 6.07) is -1.59. The Bertz CT molecular complexity index is 352. The average Bonchev–Trinajstić information content (AvgIpc) is 2.28.